The molecule has 18 heavy (non-hydrogen) atoms. The van der Waals surface area contributed by atoms with Crippen molar-refractivity contribution >= 4 is 8.32 Å². The second-order valence-electron chi connectivity index (χ2n) is 4.51. The van der Waals surface area contributed by atoms with Gasteiger partial charge in [0.25, 0.3) is 0 Å². The predicted molar refractivity (Wildman–Crippen MR) is 82.2 cm³/mol. The first-order valence-corrected chi connectivity index (χ1v) is 9.37. The Morgan fingerprint density at radius 1 is 1.22 bits per heavy atom. The zero-order valence-corrected chi connectivity index (χ0v) is 13.3. The van der Waals surface area contributed by atoms with E-state index in [1.807, 2.05) is 31.2 Å². The van der Waals surface area contributed by atoms with E-state index < -0.39 is 8.32 Å². The molecule has 0 saturated carbocycles. The largest absolute Gasteiger partial charge is 0.407 e. The molecule has 0 bridgehead atoms. The fraction of sp³-hybridized carbons (Fsp3) is 0.600. The molecule has 2 nitrogen and oxygen atoms in total. The summed E-state index contributed by atoms with van der Waals surface area (Å²) in [5, 5.41) is 9.26. The van der Waals surface area contributed by atoms with Gasteiger partial charge in [-0.15, -0.1) is 0 Å². The molecule has 0 aromatic heterocycles. The molecule has 104 valence electrons. The lowest BCUT2D eigenvalue weighted by Gasteiger charge is -2.32. The molecule has 1 unspecified atom stereocenters. The number of aliphatic hydroxyl groups is 1. The zero-order chi connectivity index (χ0) is 14.0. The van der Waals surface area contributed by atoms with Gasteiger partial charge in [-0.3, -0.25) is 0 Å². The Kier molecular flexibility index (Phi) is 8.98. The maximum atomic E-state index is 9.26. The van der Waals surface area contributed by atoms with Crippen molar-refractivity contribution in [1.82, 2.24) is 0 Å². The molecule has 0 amide bonds. The molecule has 0 aliphatic rings. The summed E-state index contributed by atoms with van der Waals surface area (Å²) < 4.78 is 6.34. The van der Waals surface area contributed by atoms with Crippen LogP contribution in [0, 0.1) is 0 Å². The predicted octanol–water partition coefficient (Wildman–Crippen LogP) is 4.06. The van der Waals surface area contributed by atoms with Crippen LogP contribution in [0.2, 0.25) is 18.1 Å². The van der Waals surface area contributed by atoms with Gasteiger partial charge in [-0.25, -0.2) is 0 Å². The normalized spacial score (nSPS) is 14.5. The Morgan fingerprint density at radius 3 is 2.17 bits per heavy atom. The van der Waals surface area contributed by atoms with E-state index in [2.05, 4.69) is 27.4 Å². The first-order valence-electron chi connectivity index (χ1n) is 6.84. The second-order valence-corrected chi connectivity index (χ2v) is 9.23. The number of rotatable bonds is 9. The van der Waals surface area contributed by atoms with Crippen LogP contribution in [0.15, 0.2) is 36.5 Å². The van der Waals surface area contributed by atoms with E-state index in [0.717, 1.165) is 23.7 Å². The molecule has 3 heteroatoms. The molecule has 0 aliphatic heterocycles. The van der Waals surface area contributed by atoms with E-state index in [1.54, 1.807) is 0 Å². The maximum Gasteiger partial charge on any atom is 0.193 e. The van der Waals surface area contributed by atoms with Gasteiger partial charge in [0.15, 0.2) is 8.32 Å². The number of aliphatic hydroxyl groups excluding tert-OH is 1. The van der Waals surface area contributed by atoms with E-state index in [4.69, 9.17) is 4.43 Å². The highest BCUT2D eigenvalue weighted by atomic mass is 28.4. The molecule has 0 fully saturated rings. The molecule has 0 heterocycles. The summed E-state index contributed by atoms with van der Waals surface area (Å²) in [7, 11) is -1.67. The Morgan fingerprint density at radius 2 is 1.78 bits per heavy atom. The molecule has 1 atom stereocenters. The van der Waals surface area contributed by atoms with Crippen molar-refractivity contribution in [3.05, 3.63) is 36.5 Å². The van der Waals surface area contributed by atoms with Crippen LogP contribution in [0.25, 0.3) is 0 Å². The summed E-state index contributed by atoms with van der Waals surface area (Å²) in [5.74, 6) is 0. The first kappa shape index (κ1) is 17.4. The lowest BCUT2D eigenvalue weighted by molar-refractivity contribution is 0.234. The summed E-state index contributed by atoms with van der Waals surface area (Å²) in [6.07, 6.45) is 7.73. The van der Waals surface area contributed by atoms with Crippen molar-refractivity contribution in [3.63, 3.8) is 0 Å². The lowest BCUT2D eigenvalue weighted by atomic mass is 10.1. The Balaban J connectivity index is 4.91. The van der Waals surface area contributed by atoms with E-state index in [9.17, 15) is 5.11 Å². The monoisotopic (exact) mass is 268 g/mol. The van der Waals surface area contributed by atoms with Crippen LogP contribution in [-0.4, -0.2) is 26.1 Å². The third kappa shape index (κ3) is 5.34. The molecule has 1 N–H and O–H groups in total. The fourth-order valence-electron chi connectivity index (χ4n) is 1.89. The Bertz CT molecular complexity index is 283. The van der Waals surface area contributed by atoms with Gasteiger partial charge in [-0.1, -0.05) is 51.7 Å². The summed E-state index contributed by atoms with van der Waals surface area (Å²) in [6, 6.07) is 3.31. The van der Waals surface area contributed by atoms with Crippen molar-refractivity contribution in [2.75, 3.05) is 6.61 Å². The average molecular weight is 268 g/mol. The van der Waals surface area contributed by atoms with Crippen LogP contribution in [0.5, 0.6) is 0 Å². The van der Waals surface area contributed by atoms with Crippen LogP contribution >= 0.6 is 0 Å². The maximum absolute atomic E-state index is 9.26. The third-order valence-corrected chi connectivity index (χ3v) is 8.12. The van der Waals surface area contributed by atoms with E-state index in [-0.39, 0.29) is 12.7 Å². The van der Waals surface area contributed by atoms with Crippen molar-refractivity contribution in [3.8, 4) is 0 Å². The lowest BCUT2D eigenvalue weighted by Crippen LogP contribution is -2.40. The third-order valence-electron chi connectivity index (χ3n) is 3.50. The van der Waals surface area contributed by atoms with Crippen molar-refractivity contribution in [2.45, 2.75) is 51.9 Å². The Labute approximate surface area is 113 Å². The minimum absolute atomic E-state index is 0.0214. The number of hydrogen-bond acceptors (Lipinski definition) is 2. The van der Waals surface area contributed by atoms with E-state index >= 15 is 0 Å². The van der Waals surface area contributed by atoms with Gasteiger partial charge in [-0.2, -0.15) is 0 Å². The van der Waals surface area contributed by atoms with Gasteiger partial charge in [-0.05, 0) is 30.6 Å². The van der Waals surface area contributed by atoms with E-state index in [0.29, 0.717) is 0 Å². The summed E-state index contributed by atoms with van der Waals surface area (Å²) in [6.45, 7) is 12.5. The second kappa shape index (κ2) is 9.31. The summed E-state index contributed by atoms with van der Waals surface area (Å²) >= 11 is 0. The molecule has 0 radical (unpaired) electrons. The van der Waals surface area contributed by atoms with Gasteiger partial charge in [0.05, 0.1) is 12.7 Å². The van der Waals surface area contributed by atoms with Crippen LogP contribution < -0.4 is 0 Å². The van der Waals surface area contributed by atoms with E-state index in [1.165, 1.54) is 0 Å². The van der Waals surface area contributed by atoms with Crippen LogP contribution in [0.3, 0.4) is 0 Å². The van der Waals surface area contributed by atoms with Crippen molar-refractivity contribution in [1.29, 1.82) is 0 Å². The van der Waals surface area contributed by atoms with Gasteiger partial charge < -0.3 is 9.53 Å². The number of hydrogen-bond donors (Lipinski definition) is 1. The highest BCUT2D eigenvalue weighted by molar-refractivity contribution is 6.73. The molecule has 0 aromatic carbocycles. The van der Waals surface area contributed by atoms with Gasteiger partial charge in [0, 0.05) is 0 Å². The highest BCUT2D eigenvalue weighted by Crippen LogP contribution is 2.25. The van der Waals surface area contributed by atoms with Crippen LogP contribution in [-0.2, 0) is 4.43 Å². The molecule has 0 spiro atoms. The fourth-order valence-corrected chi connectivity index (χ4v) is 4.68. The molecule has 0 rings (SSSR count). The highest BCUT2D eigenvalue weighted by Gasteiger charge is 2.31. The van der Waals surface area contributed by atoms with Crippen molar-refractivity contribution < 1.29 is 9.53 Å². The molecule has 0 aliphatic carbocycles. The van der Waals surface area contributed by atoms with Crippen LogP contribution in [0.4, 0.5) is 0 Å². The quantitative estimate of drug-likeness (QED) is 0.388. The number of allylic oxidation sites excluding steroid dienone is 3. The summed E-state index contributed by atoms with van der Waals surface area (Å²) in [4.78, 5) is 0. The van der Waals surface area contributed by atoms with Gasteiger partial charge in [0.2, 0.25) is 0 Å². The summed E-state index contributed by atoms with van der Waals surface area (Å²) in [5.41, 5.74) is 0.739. The topological polar surface area (TPSA) is 29.5 Å². The van der Waals surface area contributed by atoms with Crippen LogP contribution in [0.1, 0.15) is 27.7 Å². The van der Waals surface area contributed by atoms with Crippen molar-refractivity contribution in [2.24, 2.45) is 0 Å². The molecular weight excluding hydrogens is 240 g/mol. The first-order chi connectivity index (χ1) is 8.59. The molecule has 0 saturated heterocycles. The minimum Gasteiger partial charge on any atom is -0.407 e. The molecular formula is C15H28O2Si. The van der Waals surface area contributed by atoms with Gasteiger partial charge >= 0.3 is 0 Å². The zero-order valence-electron chi connectivity index (χ0n) is 12.3. The Hall–Kier alpha value is -0.643. The molecule has 0 aromatic rings. The standard InChI is InChI=1S/C15H28O2Si/c1-6-10-11-12-15(14(5)13-16)17-18(7-2,8-3)9-4/h6,10-12,15-16H,5,7-9,13H2,1-4H3/b10-6+,12-11+. The SMILES string of the molecule is C=C(CO)C(/C=C/C=C/C)O[Si](CC)(CC)CC. The average Bonchev–Trinajstić information content (AvgIpc) is 2.42. The smallest absolute Gasteiger partial charge is 0.193 e. The van der Waals surface area contributed by atoms with Gasteiger partial charge in [0.1, 0.15) is 0 Å². The minimum atomic E-state index is -1.67.